The summed E-state index contributed by atoms with van der Waals surface area (Å²) in [7, 11) is 0. The second kappa shape index (κ2) is 7.38. The molecule has 0 unspecified atom stereocenters. The molecule has 2 aromatic rings. The van der Waals surface area contributed by atoms with E-state index in [4.69, 9.17) is 0 Å². The first-order valence-corrected chi connectivity index (χ1v) is 9.40. The lowest BCUT2D eigenvalue weighted by molar-refractivity contribution is -0.130. The van der Waals surface area contributed by atoms with Crippen molar-refractivity contribution in [3.8, 4) is 11.4 Å². The van der Waals surface area contributed by atoms with Crippen LogP contribution in [0.2, 0.25) is 0 Å². The van der Waals surface area contributed by atoms with Crippen LogP contribution in [0.25, 0.3) is 11.4 Å². The molecule has 1 aliphatic rings. The lowest BCUT2D eigenvalue weighted by Crippen LogP contribution is -2.43. The summed E-state index contributed by atoms with van der Waals surface area (Å²) in [5.41, 5.74) is 2.22. The second-order valence-corrected chi connectivity index (χ2v) is 7.81. The topological polar surface area (TPSA) is 61.9 Å². The number of amides is 1. The van der Waals surface area contributed by atoms with Crippen molar-refractivity contribution in [1.82, 2.24) is 20.1 Å². The van der Waals surface area contributed by atoms with Crippen LogP contribution in [-0.2, 0) is 4.79 Å². The first-order valence-electron chi connectivity index (χ1n) is 8.41. The smallest absolute Gasteiger partial charge is 0.233 e. The number of piperidine rings is 1. The number of hydrogen-bond acceptors (Lipinski definition) is 4. The van der Waals surface area contributed by atoms with Gasteiger partial charge in [0.25, 0.3) is 0 Å². The number of benzene rings is 1. The predicted octanol–water partition coefficient (Wildman–Crippen LogP) is 3.38. The lowest BCUT2D eigenvalue weighted by atomic mass is 9.92. The van der Waals surface area contributed by atoms with Crippen molar-refractivity contribution < 1.29 is 4.79 Å². The van der Waals surface area contributed by atoms with Crippen LogP contribution in [0.4, 0.5) is 0 Å². The fourth-order valence-corrected chi connectivity index (χ4v) is 3.94. The Labute approximate surface area is 147 Å². The van der Waals surface area contributed by atoms with Crippen molar-refractivity contribution in [3.05, 3.63) is 29.8 Å². The van der Waals surface area contributed by atoms with Crippen molar-refractivity contribution in [3.63, 3.8) is 0 Å². The van der Waals surface area contributed by atoms with Gasteiger partial charge >= 0.3 is 0 Å². The van der Waals surface area contributed by atoms with Gasteiger partial charge in [-0.15, -0.1) is 5.10 Å². The number of thioether (sulfide) groups is 1. The number of aromatic nitrogens is 3. The van der Waals surface area contributed by atoms with E-state index in [9.17, 15) is 4.79 Å². The van der Waals surface area contributed by atoms with Gasteiger partial charge in [-0.1, -0.05) is 55.4 Å². The molecule has 0 spiro atoms. The molecule has 0 radical (unpaired) electrons. The molecule has 5 nitrogen and oxygen atoms in total. The third-order valence-corrected chi connectivity index (χ3v) is 5.17. The van der Waals surface area contributed by atoms with Crippen LogP contribution >= 0.6 is 11.8 Å². The number of hydrogen-bond donors (Lipinski definition) is 1. The number of carbonyl (C=O) groups excluding carboxylic acids is 1. The largest absolute Gasteiger partial charge is 0.341 e. The summed E-state index contributed by atoms with van der Waals surface area (Å²) in [6, 6.07) is 8.14. The first-order chi connectivity index (χ1) is 11.5. The Balaban J connectivity index is 1.57. The Morgan fingerprint density at radius 1 is 1.25 bits per heavy atom. The highest BCUT2D eigenvalue weighted by atomic mass is 32.2. The molecule has 0 saturated carbocycles. The second-order valence-electron chi connectivity index (χ2n) is 6.87. The zero-order valence-electron chi connectivity index (χ0n) is 14.5. The van der Waals surface area contributed by atoms with E-state index in [1.807, 2.05) is 29.2 Å². The van der Waals surface area contributed by atoms with Gasteiger partial charge in [0, 0.05) is 18.7 Å². The molecular weight excluding hydrogens is 320 g/mol. The molecule has 2 atom stereocenters. The minimum atomic E-state index is 0.181. The van der Waals surface area contributed by atoms with Crippen LogP contribution in [0.5, 0.6) is 0 Å². The van der Waals surface area contributed by atoms with E-state index in [1.165, 1.54) is 23.7 Å². The van der Waals surface area contributed by atoms with Gasteiger partial charge in [-0.05, 0) is 25.2 Å². The molecule has 128 valence electrons. The number of rotatable bonds is 4. The van der Waals surface area contributed by atoms with Crippen LogP contribution in [-0.4, -0.2) is 44.8 Å². The Hall–Kier alpha value is -1.82. The number of aryl methyl sites for hydroxylation is 1. The van der Waals surface area contributed by atoms with Gasteiger partial charge in [0.05, 0.1) is 5.75 Å². The lowest BCUT2D eigenvalue weighted by Gasteiger charge is -2.34. The summed E-state index contributed by atoms with van der Waals surface area (Å²) < 4.78 is 0. The number of aromatic amines is 1. The third kappa shape index (κ3) is 4.17. The molecule has 1 aliphatic heterocycles. The fourth-order valence-electron chi connectivity index (χ4n) is 3.24. The molecule has 24 heavy (non-hydrogen) atoms. The molecule has 1 aromatic carbocycles. The van der Waals surface area contributed by atoms with E-state index >= 15 is 0 Å². The van der Waals surface area contributed by atoms with Gasteiger partial charge in [-0.25, -0.2) is 4.98 Å². The molecule has 1 saturated heterocycles. The summed E-state index contributed by atoms with van der Waals surface area (Å²) >= 11 is 1.40. The van der Waals surface area contributed by atoms with Gasteiger partial charge in [0.2, 0.25) is 11.1 Å². The van der Waals surface area contributed by atoms with Gasteiger partial charge < -0.3 is 4.90 Å². The van der Waals surface area contributed by atoms with E-state index in [0.717, 1.165) is 24.5 Å². The Bertz CT molecular complexity index is 687. The van der Waals surface area contributed by atoms with Crippen LogP contribution in [0, 0.1) is 18.8 Å². The monoisotopic (exact) mass is 344 g/mol. The highest BCUT2D eigenvalue weighted by molar-refractivity contribution is 7.99. The zero-order valence-corrected chi connectivity index (χ0v) is 15.3. The van der Waals surface area contributed by atoms with Crippen LogP contribution < -0.4 is 0 Å². The number of likely N-dealkylation sites (tertiary alicyclic amines) is 1. The number of nitrogens with one attached hydrogen (secondary N) is 1. The molecule has 1 aromatic heterocycles. The van der Waals surface area contributed by atoms with Crippen molar-refractivity contribution in [2.75, 3.05) is 18.8 Å². The summed E-state index contributed by atoms with van der Waals surface area (Å²) in [5.74, 6) is 2.48. The normalized spacial score (nSPS) is 21.0. The highest BCUT2D eigenvalue weighted by Gasteiger charge is 2.25. The molecule has 6 heteroatoms. The Morgan fingerprint density at radius 2 is 1.92 bits per heavy atom. The summed E-state index contributed by atoms with van der Waals surface area (Å²) in [6.07, 6.45) is 1.21. The van der Waals surface area contributed by atoms with Crippen LogP contribution in [0.3, 0.4) is 0 Å². The van der Waals surface area contributed by atoms with Crippen molar-refractivity contribution in [1.29, 1.82) is 0 Å². The Morgan fingerprint density at radius 3 is 2.58 bits per heavy atom. The molecule has 2 heterocycles. The summed E-state index contributed by atoms with van der Waals surface area (Å²) in [5, 5.41) is 7.79. The van der Waals surface area contributed by atoms with Crippen molar-refractivity contribution in [2.24, 2.45) is 11.8 Å². The molecule has 1 amide bonds. The minimum absolute atomic E-state index is 0.181. The van der Waals surface area contributed by atoms with Gasteiger partial charge in [-0.2, -0.15) is 0 Å². The summed E-state index contributed by atoms with van der Waals surface area (Å²) in [6.45, 7) is 8.22. The van der Waals surface area contributed by atoms with Gasteiger partial charge in [-0.3, -0.25) is 9.89 Å². The van der Waals surface area contributed by atoms with Gasteiger partial charge in [0.15, 0.2) is 5.82 Å². The zero-order chi connectivity index (χ0) is 17.1. The number of nitrogens with zero attached hydrogens (tertiary/aromatic N) is 3. The third-order valence-electron chi connectivity index (χ3n) is 4.34. The van der Waals surface area contributed by atoms with E-state index in [1.54, 1.807) is 0 Å². The molecule has 1 N–H and O–H groups in total. The maximum Gasteiger partial charge on any atom is 0.233 e. The predicted molar refractivity (Wildman–Crippen MR) is 96.8 cm³/mol. The van der Waals surface area contributed by atoms with E-state index in [-0.39, 0.29) is 5.91 Å². The minimum Gasteiger partial charge on any atom is -0.341 e. The number of H-pyrrole nitrogens is 1. The summed E-state index contributed by atoms with van der Waals surface area (Å²) in [4.78, 5) is 18.9. The Kier molecular flexibility index (Phi) is 5.23. The van der Waals surface area contributed by atoms with Crippen LogP contribution in [0.15, 0.2) is 29.4 Å². The fraction of sp³-hybridized carbons (Fsp3) is 0.500. The molecule has 0 bridgehead atoms. The first kappa shape index (κ1) is 17.0. The number of carbonyl (C=O) groups is 1. The SMILES string of the molecule is Cc1ccc(-c2nc(SCC(=O)N3C[C@@H](C)C[C@H](C)C3)n[nH]2)cc1. The van der Waals surface area contributed by atoms with E-state index < -0.39 is 0 Å². The standard InChI is InChI=1S/C18H24N4OS/c1-12-4-6-15(7-5-12)17-19-18(21-20-17)24-11-16(23)22-9-13(2)8-14(3)10-22/h4-7,13-14H,8-11H2,1-3H3,(H,19,20,21)/t13-,14-/m0/s1. The quantitative estimate of drug-likeness (QED) is 0.864. The highest BCUT2D eigenvalue weighted by Crippen LogP contribution is 2.23. The average molecular weight is 344 g/mol. The van der Waals surface area contributed by atoms with Crippen molar-refractivity contribution in [2.45, 2.75) is 32.3 Å². The van der Waals surface area contributed by atoms with Crippen LogP contribution in [0.1, 0.15) is 25.8 Å². The maximum atomic E-state index is 12.4. The molecule has 3 rings (SSSR count). The molecular formula is C18H24N4OS. The van der Waals surface area contributed by atoms with E-state index in [0.29, 0.717) is 22.7 Å². The molecule has 1 fully saturated rings. The van der Waals surface area contributed by atoms with Gasteiger partial charge in [0.1, 0.15) is 0 Å². The van der Waals surface area contributed by atoms with E-state index in [2.05, 4.69) is 36.0 Å². The molecule has 0 aliphatic carbocycles. The maximum absolute atomic E-state index is 12.4. The average Bonchev–Trinajstić information content (AvgIpc) is 3.01. The van der Waals surface area contributed by atoms with Crippen molar-refractivity contribution >= 4 is 17.7 Å².